The van der Waals surface area contributed by atoms with Crippen molar-refractivity contribution in [3.05, 3.63) is 53.6 Å². The highest BCUT2D eigenvalue weighted by atomic mass is 32.2. The lowest BCUT2D eigenvalue weighted by Crippen LogP contribution is -2.33. The summed E-state index contributed by atoms with van der Waals surface area (Å²) in [5.74, 6) is 1.05. The number of benzene rings is 2. The van der Waals surface area contributed by atoms with Crippen molar-refractivity contribution >= 4 is 15.9 Å². The van der Waals surface area contributed by atoms with Gasteiger partial charge in [-0.05, 0) is 56.2 Å². The van der Waals surface area contributed by atoms with Crippen LogP contribution in [0.2, 0.25) is 0 Å². The Balaban J connectivity index is 2.13. The molecule has 0 spiro atoms. The zero-order valence-corrected chi connectivity index (χ0v) is 19.2. The van der Waals surface area contributed by atoms with E-state index in [4.69, 9.17) is 9.47 Å². The Bertz CT molecular complexity index is 989. The highest BCUT2D eigenvalue weighted by molar-refractivity contribution is 7.89. The normalized spacial score (nSPS) is 11.6. The molecule has 0 heterocycles. The number of hydrogen-bond acceptors (Lipinski definition) is 5. The molecule has 1 amide bonds. The van der Waals surface area contributed by atoms with Gasteiger partial charge in [-0.1, -0.05) is 12.1 Å². The minimum Gasteiger partial charge on any atom is -0.493 e. The van der Waals surface area contributed by atoms with Crippen LogP contribution in [0.25, 0.3) is 0 Å². The second-order valence-corrected chi connectivity index (χ2v) is 9.31. The molecule has 7 nitrogen and oxygen atoms in total. The fourth-order valence-electron chi connectivity index (χ4n) is 2.89. The standard InChI is InChI=1S/C22H30N2O5S/c1-16(2)24(4)30(26,27)19-9-7-8-18(15-19)22(25)23(3)13-12-17-10-11-20(28-5)21(14-17)29-6/h7-11,14-16H,12-13H2,1-6H3. The van der Waals surface area contributed by atoms with Gasteiger partial charge in [0, 0.05) is 32.2 Å². The summed E-state index contributed by atoms with van der Waals surface area (Å²) in [5, 5.41) is 0. The molecule has 0 atom stereocenters. The third-order valence-corrected chi connectivity index (χ3v) is 7.05. The first-order valence-corrected chi connectivity index (χ1v) is 11.1. The lowest BCUT2D eigenvalue weighted by molar-refractivity contribution is 0.0796. The van der Waals surface area contributed by atoms with Gasteiger partial charge in [0.15, 0.2) is 11.5 Å². The lowest BCUT2D eigenvalue weighted by Gasteiger charge is -2.22. The fourth-order valence-corrected chi connectivity index (χ4v) is 4.30. The Morgan fingerprint density at radius 2 is 1.67 bits per heavy atom. The first-order chi connectivity index (χ1) is 14.1. The largest absolute Gasteiger partial charge is 0.493 e. The van der Waals surface area contributed by atoms with E-state index in [-0.39, 0.29) is 16.8 Å². The number of methoxy groups -OCH3 is 2. The van der Waals surface area contributed by atoms with Gasteiger partial charge in [-0.2, -0.15) is 4.31 Å². The number of sulfonamides is 1. The Kier molecular flexibility index (Phi) is 7.86. The summed E-state index contributed by atoms with van der Waals surface area (Å²) in [7, 11) is 2.74. The average molecular weight is 435 g/mol. The number of carbonyl (C=O) groups excluding carboxylic acids is 1. The smallest absolute Gasteiger partial charge is 0.253 e. The molecule has 8 heteroatoms. The van der Waals surface area contributed by atoms with Crippen LogP contribution in [-0.2, 0) is 16.4 Å². The van der Waals surface area contributed by atoms with Crippen molar-refractivity contribution < 1.29 is 22.7 Å². The molecule has 0 saturated carbocycles. The molecule has 0 aromatic heterocycles. The molecule has 0 radical (unpaired) electrons. The van der Waals surface area contributed by atoms with Crippen molar-refractivity contribution in [1.29, 1.82) is 0 Å². The van der Waals surface area contributed by atoms with Crippen LogP contribution >= 0.6 is 0 Å². The van der Waals surface area contributed by atoms with Gasteiger partial charge in [-0.15, -0.1) is 0 Å². The van der Waals surface area contributed by atoms with E-state index in [2.05, 4.69) is 0 Å². The van der Waals surface area contributed by atoms with Crippen molar-refractivity contribution in [2.24, 2.45) is 0 Å². The minimum absolute atomic E-state index is 0.109. The zero-order chi connectivity index (χ0) is 22.5. The summed E-state index contributed by atoms with van der Waals surface area (Å²) in [6.45, 7) is 4.07. The molecule has 30 heavy (non-hydrogen) atoms. The highest BCUT2D eigenvalue weighted by Gasteiger charge is 2.24. The third kappa shape index (κ3) is 5.31. The topological polar surface area (TPSA) is 76.2 Å². The van der Waals surface area contributed by atoms with E-state index >= 15 is 0 Å². The molecular weight excluding hydrogens is 404 g/mol. The number of amides is 1. The summed E-state index contributed by atoms with van der Waals surface area (Å²) in [4.78, 5) is 14.5. The van der Waals surface area contributed by atoms with Crippen LogP contribution in [0.3, 0.4) is 0 Å². The van der Waals surface area contributed by atoms with Gasteiger partial charge in [-0.25, -0.2) is 8.42 Å². The number of nitrogens with zero attached hydrogens (tertiary/aromatic N) is 2. The molecule has 0 fully saturated rings. The van der Waals surface area contributed by atoms with Gasteiger partial charge in [-0.3, -0.25) is 4.79 Å². The Morgan fingerprint density at radius 1 is 1.00 bits per heavy atom. The van der Waals surface area contributed by atoms with Crippen molar-refractivity contribution in [3.63, 3.8) is 0 Å². The molecule has 0 saturated heterocycles. The van der Waals surface area contributed by atoms with Crippen LogP contribution in [0, 0.1) is 0 Å². The molecule has 0 aliphatic carbocycles. The summed E-state index contributed by atoms with van der Waals surface area (Å²) in [5.41, 5.74) is 1.34. The first-order valence-electron chi connectivity index (χ1n) is 9.66. The van der Waals surface area contributed by atoms with E-state index in [0.29, 0.717) is 30.0 Å². The van der Waals surface area contributed by atoms with Gasteiger partial charge in [0.2, 0.25) is 10.0 Å². The molecule has 2 rings (SSSR count). The lowest BCUT2D eigenvalue weighted by atomic mass is 10.1. The molecule has 164 valence electrons. The minimum atomic E-state index is -3.65. The predicted octanol–water partition coefficient (Wildman–Crippen LogP) is 3.05. The van der Waals surface area contributed by atoms with Crippen molar-refractivity contribution in [3.8, 4) is 11.5 Å². The molecule has 0 aliphatic heterocycles. The monoisotopic (exact) mass is 434 g/mol. The number of likely N-dealkylation sites (N-methyl/N-ethyl adjacent to an activating group) is 1. The van der Waals surface area contributed by atoms with Crippen LogP contribution < -0.4 is 9.47 Å². The van der Waals surface area contributed by atoms with Crippen molar-refractivity contribution in [2.45, 2.75) is 31.2 Å². The maximum Gasteiger partial charge on any atom is 0.253 e. The molecule has 0 unspecified atom stereocenters. The van der Waals surface area contributed by atoms with Gasteiger partial charge >= 0.3 is 0 Å². The highest BCUT2D eigenvalue weighted by Crippen LogP contribution is 2.27. The number of ether oxygens (including phenoxy) is 2. The zero-order valence-electron chi connectivity index (χ0n) is 18.4. The van der Waals surface area contributed by atoms with Gasteiger partial charge in [0.1, 0.15) is 0 Å². The van der Waals surface area contributed by atoms with Crippen LogP contribution in [0.1, 0.15) is 29.8 Å². The summed E-state index contributed by atoms with van der Waals surface area (Å²) < 4.78 is 37.3. The molecule has 2 aromatic carbocycles. The van der Waals surface area contributed by atoms with Crippen LogP contribution in [0.5, 0.6) is 11.5 Å². The van der Waals surface area contributed by atoms with E-state index in [1.807, 2.05) is 18.2 Å². The van der Waals surface area contributed by atoms with Crippen LogP contribution in [-0.4, -0.2) is 64.4 Å². The van der Waals surface area contributed by atoms with Gasteiger partial charge in [0.25, 0.3) is 5.91 Å². The van der Waals surface area contributed by atoms with Crippen LogP contribution in [0.15, 0.2) is 47.4 Å². The van der Waals surface area contributed by atoms with E-state index < -0.39 is 10.0 Å². The Morgan fingerprint density at radius 3 is 2.27 bits per heavy atom. The molecular formula is C22H30N2O5S. The van der Waals surface area contributed by atoms with Gasteiger partial charge < -0.3 is 14.4 Å². The molecule has 0 aliphatic rings. The maximum atomic E-state index is 12.8. The molecule has 2 aromatic rings. The van der Waals surface area contributed by atoms with E-state index in [1.54, 1.807) is 52.1 Å². The third-order valence-electron chi connectivity index (χ3n) is 5.02. The van der Waals surface area contributed by atoms with E-state index in [1.165, 1.54) is 23.5 Å². The van der Waals surface area contributed by atoms with Crippen molar-refractivity contribution in [2.75, 3.05) is 34.9 Å². The second kappa shape index (κ2) is 9.95. The van der Waals surface area contributed by atoms with Crippen molar-refractivity contribution in [1.82, 2.24) is 9.21 Å². The maximum absolute atomic E-state index is 12.8. The number of carbonyl (C=O) groups is 1. The molecule has 0 N–H and O–H groups in total. The Hall–Kier alpha value is -2.58. The SMILES string of the molecule is COc1ccc(CCN(C)C(=O)c2cccc(S(=O)(=O)N(C)C(C)C)c2)cc1OC. The quantitative estimate of drug-likeness (QED) is 0.606. The van der Waals surface area contributed by atoms with E-state index in [0.717, 1.165) is 5.56 Å². The first kappa shape index (κ1) is 23.7. The Labute approximate surface area is 179 Å². The predicted molar refractivity (Wildman–Crippen MR) is 117 cm³/mol. The van der Waals surface area contributed by atoms with Gasteiger partial charge in [0.05, 0.1) is 19.1 Å². The average Bonchev–Trinajstić information content (AvgIpc) is 2.75. The summed E-state index contributed by atoms with van der Waals surface area (Å²) in [6.07, 6.45) is 0.622. The second-order valence-electron chi connectivity index (χ2n) is 7.31. The van der Waals surface area contributed by atoms with Crippen LogP contribution in [0.4, 0.5) is 0 Å². The molecule has 0 bridgehead atoms. The summed E-state index contributed by atoms with van der Waals surface area (Å²) >= 11 is 0. The fraction of sp³-hybridized carbons (Fsp3) is 0.409. The number of hydrogen-bond donors (Lipinski definition) is 0. The van der Waals surface area contributed by atoms with E-state index in [9.17, 15) is 13.2 Å². The number of rotatable bonds is 9. The summed E-state index contributed by atoms with van der Waals surface area (Å²) in [6, 6.07) is 11.6.